The molecule has 17 heavy (non-hydrogen) atoms. The van der Waals surface area contributed by atoms with Crippen LogP contribution in [0.2, 0.25) is 5.02 Å². The predicted octanol–water partition coefficient (Wildman–Crippen LogP) is 2.35. The first-order valence-corrected chi connectivity index (χ1v) is 4.91. The van der Waals surface area contributed by atoms with Crippen LogP contribution >= 0.6 is 25.1 Å². The lowest BCUT2D eigenvalue weighted by Crippen LogP contribution is -2.21. The minimum atomic E-state index is -0.392. The minimum absolute atomic E-state index is 0. The summed E-state index contributed by atoms with van der Waals surface area (Å²) in [4.78, 5) is 18.4. The third-order valence-electron chi connectivity index (χ3n) is 2.11. The standard InChI is InChI=1S/C10H10ClN3O.CH4.H2S/c1-5(12)9-10(15)14-7-3-2-6(11)4-8(7)13-9;;/h2-5H,12H2,1H3,(H,14,15);1H4;1H2/t5-;;/m1../s1. The van der Waals surface area contributed by atoms with E-state index in [4.69, 9.17) is 17.3 Å². The first-order chi connectivity index (χ1) is 7.08. The van der Waals surface area contributed by atoms with E-state index in [1.807, 2.05) is 0 Å². The molecule has 0 saturated carbocycles. The molecule has 0 saturated heterocycles. The third-order valence-corrected chi connectivity index (χ3v) is 2.35. The van der Waals surface area contributed by atoms with Gasteiger partial charge in [0, 0.05) is 11.1 Å². The SMILES string of the molecule is C.C[C@@H](N)c1nc2cc(Cl)ccc2[nH]c1=O.S. The van der Waals surface area contributed by atoms with E-state index in [2.05, 4.69) is 9.97 Å². The van der Waals surface area contributed by atoms with Crippen molar-refractivity contribution in [3.8, 4) is 0 Å². The number of hydrogen-bond acceptors (Lipinski definition) is 3. The van der Waals surface area contributed by atoms with Gasteiger partial charge in [0.15, 0.2) is 0 Å². The topological polar surface area (TPSA) is 71.8 Å². The number of nitrogens with two attached hydrogens (primary N) is 1. The molecule has 1 aromatic heterocycles. The fraction of sp³-hybridized carbons (Fsp3) is 0.273. The van der Waals surface area contributed by atoms with Crippen molar-refractivity contribution >= 4 is 36.1 Å². The van der Waals surface area contributed by atoms with Crippen molar-refractivity contribution in [1.82, 2.24) is 9.97 Å². The first kappa shape index (κ1) is 16.0. The maximum atomic E-state index is 11.5. The van der Waals surface area contributed by atoms with Crippen molar-refractivity contribution in [1.29, 1.82) is 0 Å². The Morgan fingerprint density at radius 2 is 2.12 bits per heavy atom. The average Bonchev–Trinajstić information content (AvgIpc) is 2.17. The molecule has 0 aliphatic rings. The highest BCUT2D eigenvalue weighted by Gasteiger charge is 2.08. The van der Waals surface area contributed by atoms with E-state index >= 15 is 0 Å². The molecule has 2 rings (SSSR count). The van der Waals surface area contributed by atoms with Crippen LogP contribution in [0.4, 0.5) is 0 Å². The van der Waals surface area contributed by atoms with Crippen LogP contribution in [0, 0.1) is 0 Å². The van der Waals surface area contributed by atoms with Crippen LogP contribution < -0.4 is 11.3 Å². The van der Waals surface area contributed by atoms with Crippen LogP contribution in [0.3, 0.4) is 0 Å². The number of nitrogens with one attached hydrogen (secondary N) is 1. The molecule has 4 nitrogen and oxygen atoms in total. The molecule has 1 heterocycles. The number of fused-ring (bicyclic) bond motifs is 1. The highest BCUT2D eigenvalue weighted by Crippen LogP contribution is 2.15. The number of H-pyrrole nitrogens is 1. The molecule has 0 aliphatic carbocycles. The fourth-order valence-corrected chi connectivity index (χ4v) is 1.54. The molecule has 94 valence electrons. The van der Waals surface area contributed by atoms with Crippen LogP contribution in [0.25, 0.3) is 11.0 Å². The summed E-state index contributed by atoms with van der Waals surface area (Å²) in [6.45, 7) is 1.72. The largest absolute Gasteiger partial charge is 0.323 e. The summed E-state index contributed by atoms with van der Waals surface area (Å²) < 4.78 is 0. The second-order valence-electron chi connectivity index (χ2n) is 3.40. The van der Waals surface area contributed by atoms with Gasteiger partial charge in [-0.2, -0.15) is 13.5 Å². The van der Waals surface area contributed by atoms with Crippen LogP contribution in [-0.4, -0.2) is 9.97 Å². The zero-order chi connectivity index (χ0) is 11.0. The van der Waals surface area contributed by atoms with Gasteiger partial charge in [-0.15, -0.1) is 0 Å². The molecule has 0 fully saturated rings. The van der Waals surface area contributed by atoms with Crippen LogP contribution in [-0.2, 0) is 0 Å². The van der Waals surface area contributed by atoms with Gasteiger partial charge in [0.1, 0.15) is 5.69 Å². The van der Waals surface area contributed by atoms with Crippen LogP contribution in [0.1, 0.15) is 26.1 Å². The molecular formula is C11H16ClN3OS. The van der Waals surface area contributed by atoms with Gasteiger partial charge in [-0.25, -0.2) is 4.98 Å². The molecule has 1 atom stereocenters. The lowest BCUT2D eigenvalue weighted by atomic mass is 10.2. The van der Waals surface area contributed by atoms with Crippen molar-refractivity contribution in [3.05, 3.63) is 39.3 Å². The molecule has 0 unspecified atom stereocenters. The Bertz CT molecular complexity index is 568. The fourth-order valence-electron chi connectivity index (χ4n) is 1.38. The van der Waals surface area contributed by atoms with Gasteiger partial charge < -0.3 is 10.7 Å². The van der Waals surface area contributed by atoms with E-state index in [0.717, 1.165) is 0 Å². The quantitative estimate of drug-likeness (QED) is 0.838. The van der Waals surface area contributed by atoms with E-state index in [-0.39, 0.29) is 26.5 Å². The molecular weight excluding hydrogens is 258 g/mol. The van der Waals surface area contributed by atoms with Gasteiger partial charge in [-0.3, -0.25) is 4.79 Å². The Balaban J connectivity index is 0.00000128. The number of benzene rings is 1. The number of aromatic nitrogens is 2. The number of aromatic amines is 1. The van der Waals surface area contributed by atoms with E-state index in [0.29, 0.717) is 21.7 Å². The summed E-state index contributed by atoms with van der Waals surface area (Å²) in [5, 5.41) is 0.581. The van der Waals surface area contributed by atoms with E-state index in [1.165, 1.54) is 0 Å². The molecule has 3 N–H and O–H groups in total. The molecule has 0 radical (unpaired) electrons. The Labute approximate surface area is 112 Å². The van der Waals surface area contributed by atoms with Crippen molar-refractivity contribution in [2.24, 2.45) is 5.73 Å². The van der Waals surface area contributed by atoms with Crippen molar-refractivity contribution < 1.29 is 0 Å². The lowest BCUT2D eigenvalue weighted by Gasteiger charge is -2.05. The Hall–Kier alpha value is -1.04. The third kappa shape index (κ3) is 3.21. The zero-order valence-corrected chi connectivity index (χ0v) is 10.4. The smallest absolute Gasteiger partial charge is 0.271 e. The molecule has 0 spiro atoms. The maximum Gasteiger partial charge on any atom is 0.271 e. The van der Waals surface area contributed by atoms with E-state index < -0.39 is 6.04 Å². The molecule has 0 aliphatic heterocycles. The van der Waals surface area contributed by atoms with Crippen LogP contribution in [0.15, 0.2) is 23.0 Å². The van der Waals surface area contributed by atoms with Gasteiger partial charge in [-0.05, 0) is 25.1 Å². The first-order valence-electron chi connectivity index (χ1n) is 4.53. The lowest BCUT2D eigenvalue weighted by molar-refractivity contribution is 0.768. The normalized spacial score (nSPS) is 11.5. The second kappa shape index (κ2) is 6.05. The Morgan fingerprint density at radius 3 is 2.71 bits per heavy atom. The summed E-state index contributed by atoms with van der Waals surface area (Å²) in [7, 11) is 0. The highest BCUT2D eigenvalue weighted by atomic mass is 35.5. The van der Waals surface area contributed by atoms with Gasteiger partial charge >= 0.3 is 0 Å². The predicted molar refractivity (Wildman–Crippen MR) is 77.1 cm³/mol. The van der Waals surface area contributed by atoms with E-state index in [1.54, 1.807) is 25.1 Å². The van der Waals surface area contributed by atoms with Crippen LogP contribution in [0.5, 0.6) is 0 Å². The molecule has 1 aromatic carbocycles. The van der Waals surface area contributed by atoms with Crippen molar-refractivity contribution in [2.45, 2.75) is 20.4 Å². The second-order valence-corrected chi connectivity index (χ2v) is 3.84. The summed E-state index contributed by atoms with van der Waals surface area (Å²) in [5.74, 6) is 0. The van der Waals surface area contributed by atoms with Gasteiger partial charge in [-0.1, -0.05) is 19.0 Å². The van der Waals surface area contributed by atoms with Crippen molar-refractivity contribution in [3.63, 3.8) is 0 Å². The number of halogens is 1. The summed E-state index contributed by atoms with van der Waals surface area (Å²) in [6.07, 6.45) is 0. The summed E-state index contributed by atoms with van der Waals surface area (Å²) in [6, 6.07) is 4.72. The monoisotopic (exact) mass is 273 g/mol. The molecule has 2 aromatic rings. The van der Waals surface area contributed by atoms with E-state index in [9.17, 15) is 4.79 Å². The average molecular weight is 274 g/mol. The Morgan fingerprint density at radius 1 is 1.47 bits per heavy atom. The molecule has 0 amide bonds. The van der Waals surface area contributed by atoms with Gasteiger partial charge in [0.25, 0.3) is 5.56 Å². The highest BCUT2D eigenvalue weighted by molar-refractivity contribution is 7.59. The number of rotatable bonds is 1. The van der Waals surface area contributed by atoms with Gasteiger partial charge in [0.2, 0.25) is 0 Å². The molecule has 0 bridgehead atoms. The maximum absolute atomic E-state index is 11.5. The van der Waals surface area contributed by atoms with Gasteiger partial charge in [0.05, 0.1) is 11.0 Å². The minimum Gasteiger partial charge on any atom is -0.323 e. The zero-order valence-electron chi connectivity index (χ0n) is 8.62. The number of hydrogen-bond donors (Lipinski definition) is 2. The molecule has 6 heteroatoms. The summed E-state index contributed by atoms with van der Waals surface area (Å²) in [5.41, 5.74) is 7.01. The Kier molecular flexibility index (Phi) is 5.68. The summed E-state index contributed by atoms with van der Waals surface area (Å²) >= 11 is 5.83. The number of nitrogens with zero attached hydrogens (tertiary/aromatic N) is 1. The van der Waals surface area contributed by atoms with Crippen molar-refractivity contribution in [2.75, 3.05) is 0 Å².